The van der Waals surface area contributed by atoms with E-state index in [2.05, 4.69) is 279 Å². The van der Waals surface area contributed by atoms with Gasteiger partial charge < -0.3 is 0 Å². The van der Waals surface area contributed by atoms with Gasteiger partial charge in [0.25, 0.3) is 0 Å². The minimum absolute atomic E-state index is 0.623. The van der Waals surface area contributed by atoms with E-state index in [0.29, 0.717) is 34.9 Å². The van der Waals surface area contributed by atoms with Crippen LogP contribution in [0.3, 0.4) is 0 Å². The standard InChI is InChI=1S/C53H33N5S.C52H32N6S/c1-3-11-34(12-4-1)35-25-27-39(28-26-35)51-56-50(38-13-5-2-6-14-38)57-52(58-51)44-18-10-16-41(32-44)37-23-21-36(22-24-37)40-15-9-17-42(31-40)43-29-30-45-48(33-43)59-53-49(45)54-46-19-7-8-20-47(46)55-53;1-3-11-33(12-4-1)34-25-27-38(28-26-34)50-56-49(37-13-5-2-6-14-37)57-51(58-50)43-19-10-17-40(30-43)36-23-21-35(22-24-36)39-16-9-18-42(29-39)46-48-47(54-32-53-46)44-31-41-15-7-8-20-45(41)55-52(44)59-48/h1-33H;1-32H. The summed E-state index contributed by atoms with van der Waals surface area (Å²) in [6, 6.07) is 135. The third-order valence-corrected chi connectivity index (χ3v) is 23.6. The highest BCUT2D eigenvalue weighted by molar-refractivity contribution is 7.26. The SMILES string of the molecule is c1ccc(-c2ccc(-c3nc(-c4ccccc4)nc(-c4cccc(-c5ccc(-c6cccc(-c7ccc8c(c7)sc7nc9ccccc9nc78)c6)cc5)c4)n3)cc2)cc1.c1ccc(-c2ccc(-c3nc(-c4ccccc4)nc(-c4cccc(-c5ccc(-c6cccc(-c7ncnc8c7sc7nc9ccccc9cc78)c6)cc5)c4)n3)cc2)cc1. The molecule has 118 heavy (non-hydrogen) atoms. The molecule has 0 aliphatic heterocycles. The fraction of sp³-hybridized carbons (Fsp3) is 0. The van der Waals surface area contributed by atoms with Crippen molar-refractivity contribution in [3.05, 3.63) is 395 Å². The lowest BCUT2D eigenvalue weighted by Crippen LogP contribution is -2.00. The molecule has 552 valence electrons. The first-order valence-electron chi connectivity index (χ1n) is 39.0. The van der Waals surface area contributed by atoms with E-state index in [1.54, 1.807) is 29.0 Å². The molecule has 0 radical (unpaired) electrons. The van der Waals surface area contributed by atoms with Gasteiger partial charge in [0, 0.05) is 59.8 Å². The Morgan fingerprint density at radius 3 is 0.966 bits per heavy atom. The van der Waals surface area contributed by atoms with E-state index in [1.165, 1.54) is 27.0 Å². The Kier molecular flexibility index (Phi) is 18.4. The summed E-state index contributed by atoms with van der Waals surface area (Å²) in [5, 5.41) is 3.31. The number of aromatic nitrogens is 11. The van der Waals surface area contributed by atoms with Crippen LogP contribution < -0.4 is 0 Å². The van der Waals surface area contributed by atoms with Crippen LogP contribution >= 0.6 is 22.7 Å². The maximum Gasteiger partial charge on any atom is 0.164 e. The average molecular weight is 1540 g/mol. The van der Waals surface area contributed by atoms with Crippen LogP contribution in [0.1, 0.15) is 0 Å². The molecule has 0 saturated heterocycles. The quantitative estimate of drug-likeness (QED) is 0.103. The second-order valence-electron chi connectivity index (χ2n) is 28.9. The summed E-state index contributed by atoms with van der Waals surface area (Å²) in [4.78, 5) is 56.2. The van der Waals surface area contributed by atoms with Crippen molar-refractivity contribution in [3.63, 3.8) is 0 Å². The predicted molar refractivity (Wildman–Crippen MR) is 486 cm³/mol. The highest BCUT2D eigenvalue weighted by Crippen LogP contribution is 2.42. The van der Waals surface area contributed by atoms with E-state index in [1.807, 2.05) is 109 Å². The Bertz CT molecular complexity index is 7520. The van der Waals surface area contributed by atoms with Crippen molar-refractivity contribution in [1.82, 2.24) is 54.8 Å². The fourth-order valence-corrected chi connectivity index (χ4v) is 17.5. The van der Waals surface area contributed by atoms with Gasteiger partial charge in [0.2, 0.25) is 0 Å². The van der Waals surface area contributed by atoms with Gasteiger partial charge >= 0.3 is 0 Å². The van der Waals surface area contributed by atoms with Gasteiger partial charge in [0.1, 0.15) is 21.5 Å². The van der Waals surface area contributed by atoms with E-state index >= 15 is 0 Å². The number of nitrogens with zero attached hydrogens (tertiary/aromatic N) is 11. The molecule has 22 rings (SSSR count). The molecule has 22 aromatic rings. The summed E-state index contributed by atoms with van der Waals surface area (Å²) >= 11 is 3.35. The molecule has 0 amide bonds. The molecule has 7 aromatic heterocycles. The Hall–Kier alpha value is -15.4. The van der Waals surface area contributed by atoms with Crippen molar-refractivity contribution < 1.29 is 0 Å². The molecule has 0 unspecified atom stereocenters. The van der Waals surface area contributed by atoms with Crippen molar-refractivity contribution in [2.24, 2.45) is 0 Å². The molecular weight excluding hydrogens is 1480 g/mol. The van der Waals surface area contributed by atoms with Crippen LogP contribution in [-0.4, -0.2) is 54.8 Å². The van der Waals surface area contributed by atoms with Crippen LogP contribution in [0.15, 0.2) is 395 Å². The van der Waals surface area contributed by atoms with Gasteiger partial charge in [0.05, 0.1) is 32.5 Å². The monoisotopic (exact) mass is 1540 g/mol. The molecule has 0 saturated carbocycles. The van der Waals surface area contributed by atoms with E-state index in [9.17, 15) is 0 Å². The lowest BCUT2D eigenvalue weighted by Gasteiger charge is -2.11. The first-order chi connectivity index (χ1) is 58.4. The lowest BCUT2D eigenvalue weighted by atomic mass is 9.96. The number of thiophene rings is 2. The summed E-state index contributed by atoms with van der Waals surface area (Å²) in [5.74, 6) is 3.79. The maximum absolute atomic E-state index is 5.03. The summed E-state index contributed by atoms with van der Waals surface area (Å²) in [7, 11) is 0. The van der Waals surface area contributed by atoms with Crippen LogP contribution in [0.4, 0.5) is 0 Å². The molecule has 0 aliphatic carbocycles. The van der Waals surface area contributed by atoms with Crippen molar-refractivity contribution in [2.45, 2.75) is 0 Å². The van der Waals surface area contributed by atoms with Crippen LogP contribution in [0.25, 0.3) is 220 Å². The number of hydrogen-bond acceptors (Lipinski definition) is 13. The minimum Gasteiger partial charge on any atom is -0.243 e. The first kappa shape index (κ1) is 70.5. The molecule has 7 heterocycles. The zero-order valence-electron chi connectivity index (χ0n) is 63.3. The zero-order valence-corrected chi connectivity index (χ0v) is 64.9. The molecule has 0 N–H and O–H groups in total. The maximum atomic E-state index is 5.03. The van der Waals surface area contributed by atoms with Crippen molar-refractivity contribution in [3.8, 4) is 157 Å². The Balaban J connectivity index is 0.000000147. The second-order valence-corrected chi connectivity index (χ2v) is 31.0. The third-order valence-electron chi connectivity index (χ3n) is 21.4. The summed E-state index contributed by atoms with van der Waals surface area (Å²) < 4.78 is 2.23. The van der Waals surface area contributed by atoms with Gasteiger partial charge in [-0.2, -0.15) is 0 Å². The zero-order chi connectivity index (χ0) is 78.2. The van der Waals surface area contributed by atoms with Crippen LogP contribution in [-0.2, 0) is 0 Å². The number of rotatable bonds is 14. The highest BCUT2D eigenvalue weighted by atomic mass is 32.1. The lowest BCUT2D eigenvalue weighted by molar-refractivity contribution is 1.07. The normalized spacial score (nSPS) is 11.4. The van der Waals surface area contributed by atoms with E-state index in [0.717, 1.165) is 158 Å². The second kappa shape index (κ2) is 30.8. The molecular formula is C105H65N11S2. The number of pyridine rings is 1. The van der Waals surface area contributed by atoms with Crippen molar-refractivity contribution in [2.75, 3.05) is 0 Å². The van der Waals surface area contributed by atoms with Gasteiger partial charge in [-0.1, -0.05) is 334 Å². The Morgan fingerprint density at radius 1 is 0.178 bits per heavy atom. The number of hydrogen-bond donors (Lipinski definition) is 0. The molecule has 11 nitrogen and oxygen atoms in total. The molecule has 0 atom stereocenters. The molecule has 0 fully saturated rings. The molecule has 13 heteroatoms. The average Bonchev–Trinajstić information content (AvgIpc) is 1.59. The predicted octanol–water partition coefficient (Wildman–Crippen LogP) is 27.1. The van der Waals surface area contributed by atoms with Gasteiger partial charge in [-0.25, -0.2) is 54.8 Å². The number of benzene rings is 15. The first-order valence-corrected chi connectivity index (χ1v) is 40.6. The summed E-state index contributed by atoms with van der Waals surface area (Å²) in [6.07, 6.45) is 1.66. The topological polar surface area (TPSA) is 142 Å². The molecule has 0 aliphatic rings. The van der Waals surface area contributed by atoms with Crippen molar-refractivity contribution in [1.29, 1.82) is 0 Å². The van der Waals surface area contributed by atoms with Crippen LogP contribution in [0.2, 0.25) is 0 Å². The Labute approximate surface area is 687 Å². The number of fused-ring (bicyclic) bond motifs is 8. The van der Waals surface area contributed by atoms with E-state index in [-0.39, 0.29) is 0 Å². The van der Waals surface area contributed by atoms with E-state index < -0.39 is 0 Å². The summed E-state index contributed by atoms with van der Waals surface area (Å²) in [5.41, 5.74) is 28.2. The van der Waals surface area contributed by atoms with Crippen molar-refractivity contribution >= 4 is 85.5 Å². The van der Waals surface area contributed by atoms with E-state index in [4.69, 9.17) is 54.8 Å². The molecule has 15 aromatic carbocycles. The molecule has 0 spiro atoms. The third kappa shape index (κ3) is 14.1. The van der Waals surface area contributed by atoms with Gasteiger partial charge in [-0.05, 0) is 132 Å². The highest BCUT2D eigenvalue weighted by Gasteiger charge is 2.20. The minimum atomic E-state index is 0.623. The largest absolute Gasteiger partial charge is 0.243 e. The smallest absolute Gasteiger partial charge is 0.164 e. The molecule has 0 bridgehead atoms. The summed E-state index contributed by atoms with van der Waals surface area (Å²) in [6.45, 7) is 0. The van der Waals surface area contributed by atoms with Crippen LogP contribution in [0.5, 0.6) is 0 Å². The fourth-order valence-electron chi connectivity index (χ4n) is 15.3. The van der Waals surface area contributed by atoms with Gasteiger partial charge in [0.15, 0.2) is 34.9 Å². The number of para-hydroxylation sites is 3. The van der Waals surface area contributed by atoms with Crippen LogP contribution in [0, 0.1) is 0 Å². The van der Waals surface area contributed by atoms with Gasteiger partial charge in [-0.15, -0.1) is 22.7 Å². The van der Waals surface area contributed by atoms with Gasteiger partial charge in [-0.3, -0.25) is 0 Å². The Morgan fingerprint density at radius 2 is 0.492 bits per heavy atom.